The van der Waals surface area contributed by atoms with Gasteiger partial charge in [-0.25, -0.2) is 4.98 Å². The smallest absolute Gasteiger partial charge is 0.251 e. The lowest BCUT2D eigenvalue weighted by molar-refractivity contribution is 0.299. The van der Waals surface area contributed by atoms with Gasteiger partial charge in [-0.15, -0.1) is 0 Å². The third kappa shape index (κ3) is 5.44. The van der Waals surface area contributed by atoms with E-state index in [-0.39, 0.29) is 12.2 Å². The van der Waals surface area contributed by atoms with E-state index < -0.39 is 0 Å². The third-order valence-electron chi connectivity index (χ3n) is 2.71. The maximum atomic E-state index is 11.6. The van der Waals surface area contributed by atoms with Gasteiger partial charge < -0.3 is 9.72 Å². The number of nitrogens with one attached hydrogen (secondary N) is 1. The Morgan fingerprint density at radius 1 is 1.33 bits per heavy atom. The van der Waals surface area contributed by atoms with Crippen molar-refractivity contribution < 1.29 is 4.74 Å². The first-order valence-corrected chi connectivity index (χ1v) is 8.15. The maximum Gasteiger partial charge on any atom is 0.251 e. The SMILES string of the molecule is CCCCSc1nc(COc2ccc(Cl)cc2)cc(=O)[nH]1. The highest BCUT2D eigenvalue weighted by Crippen LogP contribution is 2.17. The van der Waals surface area contributed by atoms with E-state index in [4.69, 9.17) is 16.3 Å². The van der Waals surface area contributed by atoms with Crippen LogP contribution in [0.25, 0.3) is 0 Å². The Balaban J connectivity index is 1.99. The van der Waals surface area contributed by atoms with Crippen LogP contribution in [0.4, 0.5) is 0 Å². The normalized spacial score (nSPS) is 10.6. The van der Waals surface area contributed by atoms with Gasteiger partial charge in [-0.3, -0.25) is 4.79 Å². The molecule has 21 heavy (non-hydrogen) atoms. The van der Waals surface area contributed by atoms with Crippen LogP contribution < -0.4 is 10.3 Å². The predicted molar refractivity (Wildman–Crippen MR) is 86.3 cm³/mol. The fourth-order valence-corrected chi connectivity index (χ4v) is 2.73. The van der Waals surface area contributed by atoms with Crippen molar-refractivity contribution in [2.75, 3.05) is 5.75 Å². The second-order valence-electron chi connectivity index (χ2n) is 4.49. The van der Waals surface area contributed by atoms with Crippen molar-refractivity contribution in [2.45, 2.75) is 31.5 Å². The summed E-state index contributed by atoms with van der Waals surface area (Å²) < 4.78 is 5.60. The Morgan fingerprint density at radius 3 is 2.81 bits per heavy atom. The van der Waals surface area contributed by atoms with E-state index in [2.05, 4.69) is 16.9 Å². The average Bonchev–Trinajstić information content (AvgIpc) is 2.46. The molecule has 1 N–H and O–H groups in total. The summed E-state index contributed by atoms with van der Waals surface area (Å²) in [6.07, 6.45) is 2.22. The van der Waals surface area contributed by atoms with E-state index >= 15 is 0 Å². The quantitative estimate of drug-likeness (QED) is 0.477. The number of aromatic amines is 1. The molecule has 0 atom stereocenters. The molecule has 1 aromatic heterocycles. The monoisotopic (exact) mass is 324 g/mol. The van der Waals surface area contributed by atoms with Crippen LogP contribution in [0.2, 0.25) is 5.02 Å². The number of ether oxygens (including phenoxy) is 1. The predicted octanol–water partition coefficient (Wildman–Crippen LogP) is 3.89. The van der Waals surface area contributed by atoms with Gasteiger partial charge in [0.15, 0.2) is 5.16 Å². The molecular formula is C15H17ClN2O2S. The standard InChI is InChI=1S/C15H17ClN2O2S/c1-2-3-8-21-15-17-12(9-14(19)18-15)10-20-13-6-4-11(16)5-7-13/h4-7,9H,2-3,8,10H2,1H3,(H,17,18,19). The van der Waals surface area contributed by atoms with Crippen molar-refractivity contribution >= 4 is 23.4 Å². The molecule has 2 aromatic rings. The number of hydrogen-bond acceptors (Lipinski definition) is 4. The van der Waals surface area contributed by atoms with Crippen LogP contribution in [-0.2, 0) is 6.61 Å². The molecule has 2 rings (SSSR count). The summed E-state index contributed by atoms with van der Waals surface area (Å²) in [5.41, 5.74) is 0.464. The summed E-state index contributed by atoms with van der Waals surface area (Å²) in [5.74, 6) is 1.64. The van der Waals surface area contributed by atoms with Crippen molar-refractivity contribution in [3.8, 4) is 5.75 Å². The van der Waals surface area contributed by atoms with Crippen LogP contribution >= 0.6 is 23.4 Å². The van der Waals surface area contributed by atoms with Gasteiger partial charge in [0.25, 0.3) is 5.56 Å². The molecule has 0 saturated heterocycles. The van der Waals surface area contributed by atoms with Crippen molar-refractivity contribution in [1.29, 1.82) is 0 Å². The van der Waals surface area contributed by atoms with Gasteiger partial charge in [0, 0.05) is 16.8 Å². The van der Waals surface area contributed by atoms with Crippen LogP contribution in [0, 0.1) is 0 Å². The van der Waals surface area contributed by atoms with Crippen LogP contribution in [0.15, 0.2) is 40.3 Å². The summed E-state index contributed by atoms with van der Waals surface area (Å²) in [5, 5.41) is 1.30. The molecule has 0 unspecified atom stereocenters. The number of unbranched alkanes of at least 4 members (excludes halogenated alkanes) is 1. The first-order valence-electron chi connectivity index (χ1n) is 6.79. The minimum atomic E-state index is -0.154. The Kier molecular flexibility index (Phi) is 6.14. The Hall–Kier alpha value is -1.46. The molecule has 0 bridgehead atoms. The topological polar surface area (TPSA) is 55.0 Å². The van der Waals surface area contributed by atoms with E-state index in [1.807, 2.05) is 0 Å². The zero-order valence-corrected chi connectivity index (χ0v) is 13.3. The average molecular weight is 325 g/mol. The number of rotatable bonds is 7. The van der Waals surface area contributed by atoms with Crippen LogP contribution in [-0.4, -0.2) is 15.7 Å². The molecule has 6 heteroatoms. The van der Waals surface area contributed by atoms with Crippen LogP contribution in [0.1, 0.15) is 25.5 Å². The summed E-state index contributed by atoms with van der Waals surface area (Å²) >= 11 is 7.37. The molecule has 0 spiro atoms. The van der Waals surface area contributed by atoms with E-state index in [1.165, 1.54) is 6.07 Å². The summed E-state index contributed by atoms with van der Waals surface area (Å²) in [6.45, 7) is 2.39. The zero-order valence-electron chi connectivity index (χ0n) is 11.8. The second kappa shape index (κ2) is 8.10. The number of benzene rings is 1. The summed E-state index contributed by atoms with van der Waals surface area (Å²) in [6, 6.07) is 8.54. The summed E-state index contributed by atoms with van der Waals surface area (Å²) in [4.78, 5) is 18.7. The Labute approximate surface area is 132 Å². The molecule has 4 nitrogen and oxygen atoms in total. The van der Waals surface area contributed by atoms with Crippen molar-refractivity contribution in [2.24, 2.45) is 0 Å². The largest absolute Gasteiger partial charge is 0.487 e. The van der Waals surface area contributed by atoms with Gasteiger partial charge in [-0.1, -0.05) is 36.7 Å². The molecule has 1 aromatic carbocycles. The highest BCUT2D eigenvalue weighted by Gasteiger charge is 2.03. The minimum absolute atomic E-state index is 0.154. The van der Waals surface area contributed by atoms with Gasteiger partial charge >= 0.3 is 0 Å². The van der Waals surface area contributed by atoms with Crippen molar-refractivity contribution in [3.63, 3.8) is 0 Å². The fourth-order valence-electron chi connectivity index (χ4n) is 1.63. The van der Waals surface area contributed by atoms with E-state index in [0.29, 0.717) is 21.6 Å². The van der Waals surface area contributed by atoms with Gasteiger partial charge in [0.2, 0.25) is 0 Å². The van der Waals surface area contributed by atoms with Gasteiger partial charge in [-0.05, 0) is 30.7 Å². The number of hydrogen-bond donors (Lipinski definition) is 1. The van der Waals surface area contributed by atoms with Crippen LogP contribution in [0.3, 0.4) is 0 Å². The number of H-pyrrole nitrogens is 1. The highest BCUT2D eigenvalue weighted by molar-refractivity contribution is 7.99. The molecule has 0 aliphatic carbocycles. The molecule has 112 valence electrons. The lowest BCUT2D eigenvalue weighted by Crippen LogP contribution is -2.11. The molecule has 0 amide bonds. The number of thioether (sulfide) groups is 1. The molecule has 1 heterocycles. The Morgan fingerprint density at radius 2 is 2.10 bits per heavy atom. The molecule has 0 aliphatic heterocycles. The first kappa shape index (κ1) is 15.9. The maximum absolute atomic E-state index is 11.6. The second-order valence-corrected chi connectivity index (χ2v) is 6.01. The van der Waals surface area contributed by atoms with Gasteiger partial charge in [0.05, 0.1) is 5.69 Å². The molecule has 0 fully saturated rings. The number of halogens is 1. The molecule has 0 radical (unpaired) electrons. The number of aromatic nitrogens is 2. The first-order chi connectivity index (χ1) is 10.2. The number of nitrogens with zero attached hydrogens (tertiary/aromatic N) is 1. The highest BCUT2D eigenvalue weighted by atomic mass is 35.5. The third-order valence-corrected chi connectivity index (χ3v) is 3.92. The molecule has 0 saturated carbocycles. The molecule has 0 aliphatic rings. The summed E-state index contributed by atoms with van der Waals surface area (Å²) in [7, 11) is 0. The van der Waals surface area contributed by atoms with Crippen molar-refractivity contribution in [1.82, 2.24) is 9.97 Å². The lowest BCUT2D eigenvalue weighted by atomic mass is 10.3. The van der Waals surface area contributed by atoms with E-state index in [1.54, 1.807) is 36.0 Å². The zero-order chi connectivity index (χ0) is 15.1. The van der Waals surface area contributed by atoms with Crippen LogP contribution in [0.5, 0.6) is 5.75 Å². The van der Waals surface area contributed by atoms with Gasteiger partial charge in [-0.2, -0.15) is 0 Å². The Bertz CT molecular complexity index is 628. The molecular weight excluding hydrogens is 308 g/mol. The minimum Gasteiger partial charge on any atom is -0.487 e. The fraction of sp³-hybridized carbons (Fsp3) is 0.333. The van der Waals surface area contributed by atoms with Gasteiger partial charge in [0.1, 0.15) is 12.4 Å². The lowest BCUT2D eigenvalue weighted by Gasteiger charge is -2.07. The van der Waals surface area contributed by atoms with Crippen molar-refractivity contribution in [3.05, 3.63) is 51.4 Å². The van der Waals surface area contributed by atoms with E-state index in [0.717, 1.165) is 18.6 Å². The van der Waals surface area contributed by atoms with E-state index in [9.17, 15) is 4.79 Å².